The Morgan fingerprint density at radius 2 is 2.29 bits per heavy atom. The Bertz CT molecular complexity index is 395. The smallest absolute Gasteiger partial charge is 0.156 e. The van der Waals surface area contributed by atoms with Crippen LogP contribution in [-0.4, -0.2) is 29.0 Å². The largest absolute Gasteiger partial charge is 0.409 e. The normalized spacial score (nSPS) is 14.0. The number of rotatable bonds is 5. The second-order valence-corrected chi connectivity index (χ2v) is 4.91. The Labute approximate surface area is 110 Å². The van der Waals surface area contributed by atoms with Gasteiger partial charge in [-0.25, -0.2) is 0 Å². The minimum Gasteiger partial charge on any atom is -0.409 e. The minimum absolute atomic E-state index is 0.0426. The Morgan fingerprint density at radius 1 is 1.59 bits per heavy atom. The van der Waals surface area contributed by atoms with Crippen molar-refractivity contribution in [1.82, 2.24) is 4.90 Å². The fourth-order valence-electron chi connectivity index (χ4n) is 1.85. The van der Waals surface area contributed by atoms with Crippen LogP contribution in [0, 0.1) is 0 Å². The lowest BCUT2D eigenvalue weighted by Gasteiger charge is -2.25. The first-order valence-electron chi connectivity index (χ1n) is 5.50. The molecular formula is C12H18BrN3O. The molecule has 0 amide bonds. The summed E-state index contributed by atoms with van der Waals surface area (Å²) in [5, 5.41) is 11.8. The summed E-state index contributed by atoms with van der Waals surface area (Å²) in [6, 6.07) is 8.07. The second-order valence-electron chi connectivity index (χ2n) is 3.99. The number of nitrogens with zero attached hydrogens (tertiary/aromatic N) is 2. The van der Waals surface area contributed by atoms with Crippen LogP contribution < -0.4 is 5.73 Å². The highest BCUT2D eigenvalue weighted by atomic mass is 79.9. The van der Waals surface area contributed by atoms with Gasteiger partial charge in [-0.05, 0) is 31.2 Å². The zero-order valence-corrected chi connectivity index (χ0v) is 11.7. The molecule has 0 heterocycles. The molecule has 0 aromatic heterocycles. The van der Waals surface area contributed by atoms with E-state index in [0.29, 0.717) is 0 Å². The zero-order chi connectivity index (χ0) is 12.8. The summed E-state index contributed by atoms with van der Waals surface area (Å²) >= 11 is 3.44. The molecule has 1 rings (SSSR count). The Morgan fingerprint density at radius 3 is 2.82 bits per heavy atom. The van der Waals surface area contributed by atoms with Gasteiger partial charge in [-0.1, -0.05) is 40.1 Å². The number of oxime groups is 1. The third-order valence-corrected chi connectivity index (χ3v) is 3.19. The van der Waals surface area contributed by atoms with Gasteiger partial charge in [0.15, 0.2) is 5.84 Å². The van der Waals surface area contributed by atoms with Gasteiger partial charge in [0.2, 0.25) is 0 Å². The Balaban J connectivity index is 2.73. The van der Waals surface area contributed by atoms with E-state index in [1.165, 1.54) is 5.56 Å². The van der Waals surface area contributed by atoms with Gasteiger partial charge >= 0.3 is 0 Å². The van der Waals surface area contributed by atoms with Crippen molar-refractivity contribution in [2.24, 2.45) is 10.9 Å². The molecule has 0 saturated carbocycles. The number of nitrogens with two attached hydrogens (primary N) is 1. The van der Waals surface area contributed by atoms with E-state index in [1.807, 2.05) is 26.1 Å². The van der Waals surface area contributed by atoms with Crippen molar-refractivity contribution >= 4 is 21.8 Å². The fourth-order valence-corrected chi connectivity index (χ4v) is 2.29. The average Bonchev–Trinajstić information content (AvgIpc) is 2.29. The molecule has 4 nitrogen and oxygen atoms in total. The quantitative estimate of drug-likeness (QED) is 0.380. The van der Waals surface area contributed by atoms with Crippen LogP contribution in [0.25, 0.3) is 0 Å². The molecule has 1 aromatic carbocycles. The van der Waals surface area contributed by atoms with Crippen LogP contribution in [0.15, 0.2) is 33.9 Å². The Kier molecular flexibility index (Phi) is 5.44. The maximum atomic E-state index is 8.72. The fraction of sp³-hybridized carbons (Fsp3) is 0.417. The number of halogens is 1. The lowest BCUT2D eigenvalue weighted by atomic mass is 10.1. The minimum atomic E-state index is -0.0426. The molecule has 5 heteroatoms. The van der Waals surface area contributed by atoms with Gasteiger partial charge in [-0.15, -0.1) is 0 Å². The van der Waals surface area contributed by atoms with E-state index in [2.05, 4.69) is 38.1 Å². The van der Waals surface area contributed by atoms with E-state index >= 15 is 0 Å². The highest BCUT2D eigenvalue weighted by molar-refractivity contribution is 9.10. The average molecular weight is 300 g/mol. The van der Waals surface area contributed by atoms with Gasteiger partial charge in [0.1, 0.15) is 0 Å². The second kappa shape index (κ2) is 6.61. The first-order valence-corrected chi connectivity index (χ1v) is 6.29. The van der Waals surface area contributed by atoms with Crippen LogP contribution in [0.2, 0.25) is 0 Å². The first-order chi connectivity index (χ1) is 8.08. The van der Waals surface area contributed by atoms with Crippen molar-refractivity contribution in [2.45, 2.75) is 25.9 Å². The first kappa shape index (κ1) is 14.0. The molecule has 1 atom stereocenters. The van der Waals surface area contributed by atoms with Crippen LogP contribution in [0.4, 0.5) is 0 Å². The summed E-state index contributed by atoms with van der Waals surface area (Å²) in [6.45, 7) is 2.77. The molecule has 0 saturated heterocycles. The van der Waals surface area contributed by atoms with Gasteiger partial charge in [0, 0.05) is 11.0 Å². The van der Waals surface area contributed by atoms with Crippen LogP contribution in [0.1, 0.15) is 18.9 Å². The summed E-state index contributed by atoms with van der Waals surface area (Å²) in [5.41, 5.74) is 6.85. The number of amidine groups is 1. The molecule has 0 bridgehead atoms. The van der Waals surface area contributed by atoms with Crippen molar-refractivity contribution in [3.8, 4) is 0 Å². The summed E-state index contributed by atoms with van der Waals surface area (Å²) in [4.78, 5) is 2.07. The highest BCUT2D eigenvalue weighted by Crippen LogP contribution is 2.14. The topological polar surface area (TPSA) is 61.9 Å². The molecule has 1 unspecified atom stereocenters. The SMILES string of the molecule is CCC(C(N)=NO)N(C)Cc1cccc(Br)c1. The van der Waals surface area contributed by atoms with Crippen LogP contribution >= 0.6 is 15.9 Å². The van der Waals surface area contributed by atoms with Crippen LogP contribution in [-0.2, 0) is 6.54 Å². The van der Waals surface area contributed by atoms with Crippen molar-refractivity contribution in [1.29, 1.82) is 0 Å². The molecule has 0 aliphatic heterocycles. The predicted molar refractivity (Wildman–Crippen MR) is 73.1 cm³/mol. The molecule has 17 heavy (non-hydrogen) atoms. The van der Waals surface area contributed by atoms with Gasteiger partial charge in [0.05, 0.1) is 6.04 Å². The van der Waals surface area contributed by atoms with Gasteiger partial charge in [0.25, 0.3) is 0 Å². The summed E-state index contributed by atoms with van der Waals surface area (Å²) in [7, 11) is 1.97. The molecule has 1 aromatic rings. The molecule has 0 fully saturated rings. The van der Waals surface area contributed by atoms with E-state index in [1.54, 1.807) is 0 Å². The molecule has 0 aliphatic carbocycles. The van der Waals surface area contributed by atoms with Crippen molar-refractivity contribution < 1.29 is 5.21 Å². The summed E-state index contributed by atoms with van der Waals surface area (Å²) in [6.07, 6.45) is 0.806. The van der Waals surface area contributed by atoms with E-state index in [4.69, 9.17) is 10.9 Å². The molecule has 94 valence electrons. The number of hydrogen-bond acceptors (Lipinski definition) is 3. The van der Waals surface area contributed by atoms with Gasteiger partial charge < -0.3 is 10.9 Å². The van der Waals surface area contributed by atoms with E-state index in [-0.39, 0.29) is 11.9 Å². The summed E-state index contributed by atoms with van der Waals surface area (Å²) in [5.74, 6) is 0.255. The summed E-state index contributed by atoms with van der Waals surface area (Å²) < 4.78 is 1.06. The molecule has 3 N–H and O–H groups in total. The van der Waals surface area contributed by atoms with Crippen LogP contribution in [0.3, 0.4) is 0 Å². The van der Waals surface area contributed by atoms with E-state index < -0.39 is 0 Å². The maximum Gasteiger partial charge on any atom is 0.156 e. The molecule has 0 aliphatic rings. The van der Waals surface area contributed by atoms with Gasteiger partial charge in [-0.2, -0.15) is 0 Å². The van der Waals surface area contributed by atoms with E-state index in [0.717, 1.165) is 17.4 Å². The lowest BCUT2D eigenvalue weighted by molar-refractivity contribution is 0.264. The van der Waals surface area contributed by atoms with Crippen LogP contribution in [0.5, 0.6) is 0 Å². The molecule has 0 radical (unpaired) electrons. The number of hydrogen-bond donors (Lipinski definition) is 2. The number of benzene rings is 1. The number of likely N-dealkylation sites (N-methyl/N-ethyl adjacent to an activating group) is 1. The standard InChI is InChI=1S/C12H18BrN3O/c1-3-11(12(14)15-17)16(2)8-9-5-4-6-10(13)7-9/h4-7,11,17H,3,8H2,1-2H3,(H2,14,15). The monoisotopic (exact) mass is 299 g/mol. The molecule has 0 spiro atoms. The third kappa shape index (κ3) is 4.02. The highest BCUT2D eigenvalue weighted by Gasteiger charge is 2.17. The molecular weight excluding hydrogens is 282 g/mol. The lowest BCUT2D eigenvalue weighted by Crippen LogP contribution is -2.41. The van der Waals surface area contributed by atoms with Crippen molar-refractivity contribution in [2.75, 3.05) is 7.05 Å². The maximum absolute atomic E-state index is 8.72. The van der Waals surface area contributed by atoms with E-state index in [9.17, 15) is 0 Å². The Hall–Kier alpha value is -1.07. The van der Waals surface area contributed by atoms with Gasteiger partial charge in [-0.3, -0.25) is 4.90 Å². The zero-order valence-electron chi connectivity index (χ0n) is 10.1. The van der Waals surface area contributed by atoms with Crippen molar-refractivity contribution in [3.05, 3.63) is 34.3 Å². The van der Waals surface area contributed by atoms with Crippen molar-refractivity contribution in [3.63, 3.8) is 0 Å². The predicted octanol–water partition coefficient (Wildman–Crippen LogP) is 2.41. The third-order valence-electron chi connectivity index (χ3n) is 2.70.